The molecule has 3 rings (SSSR count). The van der Waals surface area contributed by atoms with Crippen LogP contribution in [0.3, 0.4) is 0 Å². The first-order chi connectivity index (χ1) is 8.34. The molecule has 0 aliphatic carbocycles. The molecule has 1 aliphatic heterocycles. The maximum absolute atomic E-state index is 11.6. The Morgan fingerprint density at radius 2 is 2.35 bits per heavy atom. The third-order valence-electron chi connectivity index (χ3n) is 2.55. The van der Waals surface area contributed by atoms with Gasteiger partial charge in [-0.25, -0.2) is 0 Å². The molecule has 2 aromatic rings. The second-order valence-corrected chi connectivity index (χ2v) is 4.74. The Morgan fingerprint density at radius 1 is 1.41 bits per heavy atom. The average Bonchev–Trinajstić information content (AvgIpc) is 2.98. The van der Waals surface area contributed by atoms with Crippen LogP contribution in [0.4, 0.5) is 0 Å². The van der Waals surface area contributed by atoms with Gasteiger partial charge in [-0.05, 0) is 12.1 Å². The van der Waals surface area contributed by atoms with Crippen molar-refractivity contribution < 1.29 is 9.32 Å². The van der Waals surface area contributed by atoms with Crippen LogP contribution in [0.5, 0.6) is 0 Å². The predicted octanol–water partition coefficient (Wildman–Crippen LogP) is 1.53. The van der Waals surface area contributed by atoms with Crippen LogP contribution in [0.2, 0.25) is 0 Å². The average molecular weight is 247 g/mol. The molecule has 3 heterocycles. The summed E-state index contributed by atoms with van der Waals surface area (Å²) >= 11 is 1.60. The number of aromatic nitrogens is 3. The van der Waals surface area contributed by atoms with E-state index in [1.807, 2.05) is 12.1 Å². The van der Waals surface area contributed by atoms with Crippen LogP contribution >= 0.6 is 11.8 Å². The Bertz CT molecular complexity index is 541. The van der Waals surface area contributed by atoms with Crippen molar-refractivity contribution in [2.75, 3.05) is 11.5 Å². The summed E-state index contributed by atoms with van der Waals surface area (Å²) in [6, 6.07) is 5.48. The third-order valence-corrected chi connectivity index (χ3v) is 3.61. The second-order valence-electron chi connectivity index (χ2n) is 3.71. The number of Topliss-reactive ketones (excluding diaryl/α,β-unsaturated/α-hetero) is 1. The first-order valence-electron chi connectivity index (χ1n) is 5.20. The van der Waals surface area contributed by atoms with Crippen molar-refractivity contribution >= 4 is 17.5 Å². The number of nitrogens with zero attached hydrogens (tertiary/aromatic N) is 3. The maximum Gasteiger partial charge on any atom is 0.238 e. The van der Waals surface area contributed by atoms with Crippen LogP contribution < -0.4 is 0 Å². The number of rotatable bonds is 2. The summed E-state index contributed by atoms with van der Waals surface area (Å²) in [6.45, 7) is 0. The zero-order valence-electron chi connectivity index (χ0n) is 8.87. The summed E-state index contributed by atoms with van der Waals surface area (Å²) < 4.78 is 5.14. The van der Waals surface area contributed by atoms with Crippen molar-refractivity contribution in [2.24, 2.45) is 0 Å². The monoisotopic (exact) mass is 247 g/mol. The Morgan fingerprint density at radius 3 is 3.06 bits per heavy atom. The van der Waals surface area contributed by atoms with Crippen molar-refractivity contribution in [1.82, 2.24) is 15.1 Å². The molecule has 6 heteroatoms. The molecule has 86 valence electrons. The number of thioether (sulfide) groups is 1. The van der Waals surface area contributed by atoms with E-state index in [4.69, 9.17) is 4.52 Å². The molecule has 0 amide bonds. The topological polar surface area (TPSA) is 68.9 Å². The van der Waals surface area contributed by atoms with Gasteiger partial charge in [-0.3, -0.25) is 9.78 Å². The highest BCUT2D eigenvalue weighted by Crippen LogP contribution is 2.29. The first kappa shape index (κ1) is 10.5. The lowest BCUT2D eigenvalue weighted by molar-refractivity contribution is -0.117. The van der Waals surface area contributed by atoms with Gasteiger partial charge in [0.05, 0.1) is 5.75 Å². The molecule has 1 fully saturated rings. The first-order valence-corrected chi connectivity index (χ1v) is 6.35. The van der Waals surface area contributed by atoms with Crippen molar-refractivity contribution in [3.8, 4) is 11.5 Å². The minimum atomic E-state index is -0.245. The standard InChI is InChI=1S/C11H9N3O2S/c15-9-6-17-5-7(9)11-13-10(14-16-11)8-3-1-2-4-12-8/h1-4,7H,5-6H2. The molecule has 1 unspecified atom stereocenters. The molecule has 5 nitrogen and oxygen atoms in total. The number of carbonyl (C=O) groups excluding carboxylic acids is 1. The van der Waals surface area contributed by atoms with Gasteiger partial charge in [0, 0.05) is 11.9 Å². The Hall–Kier alpha value is -1.69. The van der Waals surface area contributed by atoms with Crippen LogP contribution in [0, 0.1) is 0 Å². The quantitative estimate of drug-likeness (QED) is 0.801. The smallest absolute Gasteiger partial charge is 0.238 e. The summed E-state index contributed by atoms with van der Waals surface area (Å²) in [7, 11) is 0. The van der Waals surface area contributed by atoms with E-state index in [2.05, 4.69) is 15.1 Å². The van der Waals surface area contributed by atoms with E-state index < -0.39 is 0 Å². The van der Waals surface area contributed by atoms with Gasteiger partial charge < -0.3 is 4.52 Å². The highest BCUT2D eigenvalue weighted by molar-refractivity contribution is 8.00. The molecule has 0 spiro atoms. The van der Waals surface area contributed by atoms with Crippen LogP contribution in [0.25, 0.3) is 11.5 Å². The van der Waals surface area contributed by atoms with E-state index in [1.165, 1.54) is 0 Å². The molecule has 2 aromatic heterocycles. The fourth-order valence-electron chi connectivity index (χ4n) is 1.66. The molecule has 0 radical (unpaired) electrons. The highest BCUT2D eigenvalue weighted by atomic mass is 32.2. The SMILES string of the molecule is O=C1CSCC1c1nc(-c2ccccn2)no1. The third kappa shape index (κ3) is 1.95. The van der Waals surface area contributed by atoms with Gasteiger partial charge in [-0.2, -0.15) is 16.7 Å². The number of ketones is 1. The molecule has 1 saturated heterocycles. The Balaban J connectivity index is 1.91. The zero-order chi connectivity index (χ0) is 11.7. The largest absolute Gasteiger partial charge is 0.338 e. The number of hydrogen-bond acceptors (Lipinski definition) is 6. The van der Waals surface area contributed by atoms with Gasteiger partial charge >= 0.3 is 0 Å². The number of hydrogen-bond donors (Lipinski definition) is 0. The lowest BCUT2D eigenvalue weighted by Crippen LogP contribution is -2.09. The summed E-state index contributed by atoms with van der Waals surface area (Å²) in [5, 5.41) is 3.86. The van der Waals surface area contributed by atoms with E-state index in [0.717, 1.165) is 5.75 Å². The molecule has 0 saturated carbocycles. The Labute approximate surface area is 102 Å². The number of pyridine rings is 1. The van der Waals surface area contributed by atoms with Crippen LogP contribution in [0.1, 0.15) is 11.8 Å². The van der Waals surface area contributed by atoms with E-state index in [-0.39, 0.29) is 11.7 Å². The van der Waals surface area contributed by atoms with Crippen molar-refractivity contribution in [3.05, 3.63) is 30.3 Å². The molecule has 1 atom stereocenters. The molecule has 0 N–H and O–H groups in total. The molecule has 0 aromatic carbocycles. The van der Waals surface area contributed by atoms with E-state index in [0.29, 0.717) is 23.2 Å². The summed E-state index contributed by atoms with van der Waals surface area (Å²) in [5.41, 5.74) is 0.653. The zero-order valence-corrected chi connectivity index (χ0v) is 9.68. The van der Waals surface area contributed by atoms with Crippen LogP contribution in [0.15, 0.2) is 28.9 Å². The minimum absolute atomic E-state index is 0.159. The predicted molar refractivity (Wildman–Crippen MR) is 62.6 cm³/mol. The lowest BCUT2D eigenvalue weighted by Gasteiger charge is -1.97. The second kappa shape index (κ2) is 4.29. The summed E-state index contributed by atoms with van der Waals surface area (Å²) in [6.07, 6.45) is 1.67. The van der Waals surface area contributed by atoms with Crippen LogP contribution in [-0.2, 0) is 4.79 Å². The molecule has 17 heavy (non-hydrogen) atoms. The molecule has 0 bridgehead atoms. The normalized spacial score (nSPS) is 19.8. The van der Waals surface area contributed by atoms with E-state index in [9.17, 15) is 4.79 Å². The highest BCUT2D eigenvalue weighted by Gasteiger charge is 2.31. The van der Waals surface area contributed by atoms with Gasteiger partial charge in [0.2, 0.25) is 11.7 Å². The van der Waals surface area contributed by atoms with Crippen molar-refractivity contribution in [1.29, 1.82) is 0 Å². The van der Waals surface area contributed by atoms with Crippen molar-refractivity contribution in [2.45, 2.75) is 5.92 Å². The van der Waals surface area contributed by atoms with E-state index in [1.54, 1.807) is 24.0 Å². The lowest BCUT2D eigenvalue weighted by atomic mass is 10.1. The molecule has 1 aliphatic rings. The van der Waals surface area contributed by atoms with Gasteiger partial charge in [-0.1, -0.05) is 11.2 Å². The molecular weight excluding hydrogens is 238 g/mol. The number of carbonyl (C=O) groups is 1. The van der Waals surface area contributed by atoms with Crippen molar-refractivity contribution in [3.63, 3.8) is 0 Å². The van der Waals surface area contributed by atoms with Gasteiger partial charge in [0.25, 0.3) is 0 Å². The van der Waals surface area contributed by atoms with Crippen LogP contribution in [-0.4, -0.2) is 32.4 Å². The van der Waals surface area contributed by atoms with Gasteiger partial charge in [0.15, 0.2) is 5.78 Å². The Kier molecular flexibility index (Phi) is 2.64. The van der Waals surface area contributed by atoms with Gasteiger partial charge in [-0.15, -0.1) is 0 Å². The summed E-state index contributed by atoms with van der Waals surface area (Å²) in [5.74, 6) is 2.01. The minimum Gasteiger partial charge on any atom is -0.338 e. The van der Waals surface area contributed by atoms with Gasteiger partial charge in [0.1, 0.15) is 11.6 Å². The fourth-order valence-corrected chi connectivity index (χ4v) is 2.74. The van der Waals surface area contributed by atoms with E-state index >= 15 is 0 Å². The molecular formula is C11H9N3O2S. The maximum atomic E-state index is 11.6. The summed E-state index contributed by atoms with van der Waals surface area (Å²) in [4.78, 5) is 19.9. The fraction of sp³-hybridized carbons (Fsp3) is 0.273.